The van der Waals surface area contributed by atoms with Crippen LogP contribution in [0, 0.1) is 5.92 Å². The first-order valence-electron chi connectivity index (χ1n) is 11.6. The van der Waals surface area contributed by atoms with Crippen LogP contribution in [0.5, 0.6) is 0 Å². The van der Waals surface area contributed by atoms with Gasteiger partial charge in [-0.3, -0.25) is 19.3 Å². The fraction of sp³-hybridized carbons (Fsp3) is 0.407. The molecule has 4 rings (SSSR count). The van der Waals surface area contributed by atoms with E-state index in [4.69, 9.17) is 4.74 Å². The number of fused-ring (bicyclic) bond motifs is 1. The molecule has 2 aliphatic rings. The van der Waals surface area contributed by atoms with Crippen molar-refractivity contribution in [2.45, 2.75) is 64.3 Å². The Kier molecular flexibility index (Phi) is 6.55. The SMILES string of the molecule is CC(C)(C)OC(=O)N1Cc2ccccc2CC1C(=O)C1C(=O)NC(CCc2ccccc2)C1=O. The minimum atomic E-state index is -1.42. The topological polar surface area (TPSA) is 92.8 Å². The van der Waals surface area contributed by atoms with Crippen LogP contribution in [0.2, 0.25) is 0 Å². The van der Waals surface area contributed by atoms with Gasteiger partial charge in [0.1, 0.15) is 5.60 Å². The Bertz CT molecular complexity index is 1110. The third kappa shape index (κ3) is 5.03. The first kappa shape index (κ1) is 23.7. The van der Waals surface area contributed by atoms with Gasteiger partial charge in [-0.05, 0) is 50.3 Å². The fourth-order valence-corrected chi connectivity index (χ4v) is 4.58. The van der Waals surface area contributed by atoms with Crippen molar-refractivity contribution in [3.63, 3.8) is 0 Å². The number of carbonyl (C=O) groups is 4. The number of hydrogen-bond donors (Lipinski definition) is 1. The molecule has 7 nitrogen and oxygen atoms in total. The zero-order valence-electron chi connectivity index (χ0n) is 19.7. The number of benzene rings is 2. The van der Waals surface area contributed by atoms with Crippen molar-refractivity contribution >= 4 is 23.6 Å². The third-order valence-electron chi connectivity index (χ3n) is 6.26. The lowest BCUT2D eigenvalue weighted by atomic mass is 9.85. The van der Waals surface area contributed by atoms with Gasteiger partial charge in [-0.2, -0.15) is 0 Å². The molecule has 2 aliphatic heterocycles. The second-order valence-electron chi connectivity index (χ2n) is 9.92. The summed E-state index contributed by atoms with van der Waals surface area (Å²) in [5, 5.41) is 2.70. The molecule has 2 aromatic carbocycles. The molecule has 1 saturated heterocycles. The summed E-state index contributed by atoms with van der Waals surface area (Å²) in [6.07, 6.45) is 0.632. The minimum absolute atomic E-state index is 0.182. The number of Topliss-reactive ketones (excluding diaryl/α,β-unsaturated/α-hetero) is 2. The summed E-state index contributed by atoms with van der Waals surface area (Å²) < 4.78 is 5.55. The lowest BCUT2D eigenvalue weighted by Gasteiger charge is -2.37. The van der Waals surface area contributed by atoms with Crippen molar-refractivity contribution in [3.05, 3.63) is 71.3 Å². The van der Waals surface area contributed by atoms with E-state index in [2.05, 4.69) is 5.32 Å². The molecule has 34 heavy (non-hydrogen) atoms. The molecule has 0 bridgehead atoms. The lowest BCUT2D eigenvalue weighted by Crippen LogP contribution is -2.53. The van der Waals surface area contributed by atoms with Crippen LogP contribution in [0.15, 0.2) is 54.6 Å². The maximum Gasteiger partial charge on any atom is 0.411 e. The van der Waals surface area contributed by atoms with Gasteiger partial charge in [0.25, 0.3) is 0 Å². The molecule has 3 unspecified atom stereocenters. The van der Waals surface area contributed by atoms with Crippen LogP contribution in [0.25, 0.3) is 0 Å². The highest BCUT2D eigenvalue weighted by Crippen LogP contribution is 2.29. The van der Waals surface area contributed by atoms with Crippen LogP contribution in [0.4, 0.5) is 4.79 Å². The van der Waals surface area contributed by atoms with Crippen molar-refractivity contribution in [1.29, 1.82) is 0 Å². The van der Waals surface area contributed by atoms with Crippen LogP contribution >= 0.6 is 0 Å². The van der Waals surface area contributed by atoms with Crippen molar-refractivity contribution in [2.24, 2.45) is 5.92 Å². The van der Waals surface area contributed by atoms with Crippen LogP contribution in [0.1, 0.15) is 43.9 Å². The Balaban J connectivity index is 1.54. The van der Waals surface area contributed by atoms with Gasteiger partial charge in [-0.25, -0.2) is 4.79 Å². The molecule has 0 radical (unpaired) electrons. The summed E-state index contributed by atoms with van der Waals surface area (Å²) in [6, 6.07) is 15.6. The van der Waals surface area contributed by atoms with E-state index < -0.39 is 47.2 Å². The van der Waals surface area contributed by atoms with Crippen molar-refractivity contribution in [2.75, 3.05) is 0 Å². The van der Waals surface area contributed by atoms with Crippen LogP contribution in [-0.2, 0) is 38.5 Å². The highest BCUT2D eigenvalue weighted by atomic mass is 16.6. The van der Waals surface area contributed by atoms with E-state index in [0.29, 0.717) is 12.8 Å². The Labute approximate surface area is 199 Å². The van der Waals surface area contributed by atoms with E-state index in [-0.39, 0.29) is 13.0 Å². The normalized spacial score (nSPS) is 22.2. The van der Waals surface area contributed by atoms with E-state index in [1.54, 1.807) is 20.8 Å². The summed E-state index contributed by atoms with van der Waals surface area (Å²) in [5.41, 5.74) is 2.15. The smallest absolute Gasteiger partial charge is 0.411 e. The summed E-state index contributed by atoms with van der Waals surface area (Å²) in [6.45, 7) is 5.45. The summed E-state index contributed by atoms with van der Waals surface area (Å²) in [7, 11) is 0. The third-order valence-corrected chi connectivity index (χ3v) is 6.26. The number of carbonyl (C=O) groups excluding carboxylic acids is 4. The maximum atomic E-state index is 13.6. The number of nitrogens with zero attached hydrogens (tertiary/aromatic N) is 1. The monoisotopic (exact) mass is 462 g/mol. The molecular weight excluding hydrogens is 432 g/mol. The maximum absolute atomic E-state index is 13.6. The number of nitrogens with one attached hydrogen (secondary N) is 1. The van der Waals surface area contributed by atoms with E-state index in [1.165, 1.54) is 4.90 Å². The van der Waals surface area contributed by atoms with Gasteiger partial charge in [0.2, 0.25) is 5.91 Å². The fourth-order valence-electron chi connectivity index (χ4n) is 4.58. The van der Waals surface area contributed by atoms with E-state index in [0.717, 1.165) is 16.7 Å². The Hall–Kier alpha value is -3.48. The predicted molar refractivity (Wildman–Crippen MR) is 126 cm³/mol. The van der Waals surface area contributed by atoms with Gasteiger partial charge in [0.05, 0.1) is 18.6 Å². The van der Waals surface area contributed by atoms with Crippen molar-refractivity contribution < 1.29 is 23.9 Å². The van der Waals surface area contributed by atoms with Crippen LogP contribution in [-0.4, -0.2) is 46.2 Å². The average Bonchev–Trinajstić information content (AvgIpc) is 3.08. The van der Waals surface area contributed by atoms with Gasteiger partial charge in [-0.15, -0.1) is 0 Å². The van der Waals surface area contributed by atoms with Gasteiger partial charge in [0, 0.05) is 6.42 Å². The quantitative estimate of drug-likeness (QED) is 0.689. The zero-order valence-corrected chi connectivity index (χ0v) is 19.7. The Morgan fingerprint density at radius 2 is 1.65 bits per heavy atom. The number of ether oxygens (including phenoxy) is 1. The molecule has 2 heterocycles. The number of ketones is 2. The van der Waals surface area contributed by atoms with Crippen molar-refractivity contribution in [3.8, 4) is 0 Å². The highest BCUT2D eigenvalue weighted by Gasteiger charge is 2.49. The van der Waals surface area contributed by atoms with E-state index in [1.807, 2.05) is 54.6 Å². The van der Waals surface area contributed by atoms with Gasteiger partial charge in [0.15, 0.2) is 17.5 Å². The molecule has 2 aromatic rings. The first-order valence-corrected chi connectivity index (χ1v) is 11.6. The first-order chi connectivity index (χ1) is 16.1. The number of hydrogen-bond acceptors (Lipinski definition) is 5. The second kappa shape index (κ2) is 9.41. The molecule has 1 N–H and O–H groups in total. The predicted octanol–water partition coefficient (Wildman–Crippen LogP) is 3.23. The van der Waals surface area contributed by atoms with Crippen molar-refractivity contribution in [1.82, 2.24) is 10.2 Å². The van der Waals surface area contributed by atoms with E-state index in [9.17, 15) is 19.2 Å². The second-order valence-corrected chi connectivity index (χ2v) is 9.92. The van der Waals surface area contributed by atoms with Gasteiger partial charge in [-0.1, -0.05) is 54.6 Å². The summed E-state index contributed by atoms with van der Waals surface area (Å²) in [4.78, 5) is 53.8. The van der Waals surface area contributed by atoms with Gasteiger partial charge >= 0.3 is 6.09 Å². The minimum Gasteiger partial charge on any atom is -0.444 e. The standard InChI is InChI=1S/C27H30N2O5/c1-27(2,3)34-26(33)29-16-19-12-8-7-11-18(19)15-21(29)24(31)22-23(30)20(28-25(22)32)14-13-17-9-5-4-6-10-17/h4-12,20-22H,13-16H2,1-3H3,(H,28,32). The molecule has 0 aromatic heterocycles. The molecule has 0 saturated carbocycles. The van der Waals surface area contributed by atoms with Crippen LogP contribution in [0.3, 0.4) is 0 Å². The summed E-state index contributed by atoms with van der Waals surface area (Å²) >= 11 is 0. The Morgan fingerprint density at radius 1 is 1.00 bits per heavy atom. The molecule has 1 fully saturated rings. The Morgan fingerprint density at radius 3 is 2.32 bits per heavy atom. The molecule has 178 valence electrons. The highest BCUT2D eigenvalue weighted by molar-refractivity contribution is 6.25. The largest absolute Gasteiger partial charge is 0.444 e. The van der Waals surface area contributed by atoms with Crippen LogP contribution < -0.4 is 5.32 Å². The molecule has 0 aliphatic carbocycles. The molecule has 0 spiro atoms. The number of aryl methyl sites for hydroxylation is 1. The lowest BCUT2D eigenvalue weighted by molar-refractivity contribution is -0.139. The average molecular weight is 463 g/mol. The molecule has 2 amide bonds. The molecular formula is C27H30N2O5. The number of rotatable bonds is 5. The molecule has 3 atom stereocenters. The molecule has 7 heteroatoms. The summed E-state index contributed by atoms with van der Waals surface area (Å²) in [5.74, 6) is -2.98. The number of amides is 2. The van der Waals surface area contributed by atoms with E-state index >= 15 is 0 Å². The van der Waals surface area contributed by atoms with Gasteiger partial charge < -0.3 is 10.1 Å². The zero-order chi connectivity index (χ0) is 24.5.